The summed E-state index contributed by atoms with van der Waals surface area (Å²) in [5, 5.41) is 8.40. The average Bonchev–Trinajstić information content (AvgIpc) is 3.75. The lowest BCUT2D eigenvalue weighted by molar-refractivity contribution is 0.327. The molecule has 3 rings (SSSR count). The molecule has 1 aliphatic heterocycles. The van der Waals surface area contributed by atoms with Gasteiger partial charge < -0.3 is 5.73 Å². The van der Waals surface area contributed by atoms with Crippen LogP contribution < -0.4 is 5.73 Å². The molecule has 0 aromatic carbocycles. The van der Waals surface area contributed by atoms with Crippen LogP contribution in [-0.4, -0.2) is 16.4 Å². The zero-order valence-corrected chi connectivity index (χ0v) is 32.5. The van der Waals surface area contributed by atoms with Crippen molar-refractivity contribution >= 4 is 22.8 Å². The molecule has 2 heterocycles. The van der Waals surface area contributed by atoms with E-state index in [-0.39, 0.29) is 0 Å². The fourth-order valence-electron chi connectivity index (χ4n) is 4.96. The Labute approximate surface area is 287 Å². The third kappa shape index (κ3) is 21.9. The molecule has 1 aromatic rings. The predicted molar refractivity (Wildman–Crippen MR) is 212 cm³/mol. The number of aromatic nitrogens is 1. The predicted octanol–water partition coefficient (Wildman–Crippen LogP) is 13.5. The quantitative estimate of drug-likeness (QED) is 0.163. The standard InChI is InChI=1S/C15H32.C10H14N2.C9H12N2.C6H10.C2H6/c1-5-8-9-12-14(4)13-15(10-6-2)11-7-3;1-3-7(2)9-6-10(12-11-9)8-4-5-8;1-6(2)8-5-4-7(3)11-9(8)10;1-5(2)6(3)4;1-2/h14-15H,5-13H2,1-4H3;3,8H,4-6H2,1-2H3;4-5H,1H2,2-3H3,(H2,10,11);1,3H2,2,4H3;1-2H3/b;7-3+;;;. The maximum absolute atomic E-state index is 5.65. The molecule has 1 unspecified atom stereocenters. The number of allylic oxidation sites excluding steroid dienone is 5. The zero-order valence-electron chi connectivity index (χ0n) is 32.5. The van der Waals surface area contributed by atoms with Gasteiger partial charge in [0.25, 0.3) is 0 Å². The lowest BCUT2D eigenvalue weighted by atomic mass is 9.86. The first-order chi connectivity index (χ1) is 21.8. The minimum Gasteiger partial charge on any atom is -0.383 e. The van der Waals surface area contributed by atoms with Gasteiger partial charge in [0, 0.05) is 23.4 Å². The molecule has 1 atom stereocenters. The Hall–Kier alpha value is -2.75. The molecule has 2 N–H and O–H groups in total. The van der Waals surface area contributed by atoms with E-state index in [0.29, 0.717) is 5.82 Å². The normalized spacial score (nSPS) is 14.1. The van der Waals surface area contributed by atoms with Gasteiger partial charge in [-0.25, -0.2) is 4.98 Å². The second-order valence-corrected chi connectivity index (χ2v) is 13.1. The number of hydrogen-bond acceptors (Lipinski definition) is 4. The lowest BCUT2D eigenvalue weighted by Crippen LogP contribution is -2.06. The van der Waals surface area contributed by atoms with Crippen LogP contribution in [0.25, 0.3) is 5.57 Å². The van der Waals surface area contributed by atoms with Gasteiger partial charge in [-0.15, -0.1) is 0 Å². The first-order valence-electron chi connectivity index (χ1n) is 18.3. The second kappa shape index (κ2) is 27.4. The summed E-state index contributed by atoms with van der Waals surface area (Å²) in [6, 6.07) is 3.88. The number of hydrogen-bond donors (Lipinski definition) is 1. The summed E-state index contributed by atoms with van der Waals surface area (Å²) in [4.78, 5) is 4.11. The van der Waals surface area contributed by atoms with Crippen LogP contribution in [0.4, 0.5) is 5.82 Å². The van der Waals surface area contributed by atoms with Gasteiger partial charge >= 0.3 is 0 Å². The summed E-state index contributed by atoms with van der Waals surface area (Å²) in [6.45, 7) is 36.4. The average molecular weight is 635 g/mol. The highest BCUT2D eigenvalue weighted by Crippen LogP contribution is 2.34. The van der Waals surface area contributed by atoms with Crippen molar-refractivity contribution in [3.63, 3.8) is 0 Å². The zero-order chi connectivity index (χ0) is 35.7. The summed E-state index contributed by atoms with van der Waals surface area (Å²) in [5.74, 6) is 3.31. The molecule has 1 aliphatic carbocycles. The highest BCUT2D eigenvalue weighted by Gasteiger charge is 2.30. The molecule has 46 heavy (non-hydrogen) atoms. The van der Waals surface area contributed by atoms with Crippen LogP contribution in [0.1, 0.15) is 164 Å². The van der Waals surface area contributed by atoms with Gasteiger partial charge in [0.15, 0.2) is 0 Å². The van der Waals surface area contributed by atoms with Gasteiger partial charge in [0.05, 0.1) is 5.71 Å². The first-order valence-corrected chi connectivity index (χ1v) is 18.3. The Morgan fingerprint density at radius 1 is 0.891 bits per heavy atom. The molecule has 0 radical (unpaired) electrons. The fraction of sp³-hybridized carbons (Fsp3) is 0.643. The summed E-state index contributed by atoms with van der Waals surface area (Å²) < 4.78 is 0. The maximum Gasteiger partial charge on any atom is 0.131 e. The molecule has 0 bridgehead atoms. The summed E-state index contributed by atoms with van der Waals surface area (Å²) in [5.41, 5.74) is 14.4. The lowest BCUT2D eigenvalue weighted by Gasteiger charge is -2.20. The summed E-state index contributed by atoms with van der Waals surface area (Å²) in [6.07, 6.45) is 18.6. The van der Waals surface area contributed by atoms with Crippen LogP contribution in [0.3, 0.4) is 0 Å². The molecule has 0 amide bonds. The van der Waals surface area contributed by atoms with Crippen LogP contribution in [0.15, 0.2) is 64.9 Å². The van der Waals surface area contributed by atoms with E-state index in [1.54, 1.807) is 0 Å². The second-order valence-electron chi connectivity index (χ2n) is 13.1. The Morgan fingerprint density at radius 2 is 1.46 bits per heavy atom. The van der Waals surface area contributed by atoms with E-state index in [4.69, 9.17) is 5.73 Å². The van der Waals surface area contributed by atoms with Crippen LogP contribution in [0.5, 0.6) is 0 Å². The molecular formula is C42H74N4. The number of unbranched alkanes of at least 4 members (excludes halogenated alkanes) is 2. The van der Waals surface area contributed by atoms with Gasteiger partial charge in [-0.2, -0.15) is 10.2 Å². The van der Waals surface area contributed by atoms with Gasteiger partial charge in [0.2, 0.25) is 0 Å². The number of pyridine rings is 1. The number of nitrogen functional groups attached to an aromatic ring is 1. The fourth-order valence-corrected chi connectivity index (χ4v) is 4.96. The molecule has 4 heteroatoms. The molecular weight excluding hydrogens is 560 g/mol. The third-order valence-corrected chi connectivity index (χ3v) is 8.27. The van der Waals surface area contributed by atoms with E-state index >= 15 is 0 Å². The maximum atomic E-state index is 5.65. The number of rotatable bonds is 14. The Morgan fingerprint density at radius 3 is 1.87 bits per heavy atom. The van der Waals surface area contributed by atoms with Crippen molar-refractivity contribution in [1.29, 1.82) is 0 Å². The highest BCUT2D eigenvalue weighted by molar-refractivity contribution is 6.15. The van der Waals surface area contributed by atoms with Crippen molar-refractivity contribution in [2.75, 3.05) is 5.73 Å². The van der Waals surface area contributed by atoms with Crippen LogP contribution >= 0.6 is 0 Å². The first kappa shape index (κ1) is 45.4. The molecule has 1 fully saturated rings. The molecule has 2 aliphatic rings. The van der Waals surface area contributed by atoms with Crippen molar-refractivity contribution < 1.29 is 0 Å². The van der Waals surface area contributed by atoms with E-state index in [1.807, 2.05) is 60.6 Å². The third-order valence-electron chi connectivity index (χ3n) is 8.27. The summed E-state index contributed by atoms with van der Waals surface area (Å²) in [7, 11) is 0. The molecule has 0 saturated heterocycles. The Bertz CT molecular complexity index is 1080. The van der Waals surface area contributed by atoms with E-state index in [0.717, 1.165) is 52.2 Å². The number of aryl methyl sites for hydroxylation is 1. The molecule has 4 nitrogen and oxygen atoms in total. The summed E-state index contributed by atoms with van der Waals surface area (Å²) >= 11 is 0. The molecule has 1 aromatic heterocycles. The van der Waals surface area contributed by atoms with Crippen molar-refractivity contribution in [1.82, 2.24) is 4.98 Å². The largest absolute Gasteiger partial charge is 0.383 e. The van der Waals surface area contributed by atoms with E-state index in [9.17, 15) is 0 Å². The number of nitrogens with zero attached hydrogens (tertiary/aromatic N) is 3. The van der Waals surface area contributed by atoms with E-state index in [1.165, 1.54) is 87.6 Å². The number of nitrogens with two attached hydrogens (primary N) is 1. The topological polar surface area (TPSA) is 63.6 Å². The molecule has 1 saturated carbocycles. The van der Waals surface area contributed by atoms with Gasteiger partial charge in [-0.1, -0.05) is 130 Å². The molecule has 262 valence electrons. The van der Waals surface area contributed by atoms with Crippen LogP contribution in [0, 0.1) is 24.7 Å². The van der Waals surface area contributed by atoms with Gasteiger partial charge in [0.1, 0.15) is 5.82 Å². The minimum absolute atomic E-state index is 0.567. The Kier molecular flexibility index (Phi) is 27.0. The van der Waals surface area contributed by atoms with Crippen LogP contribution in [-0.2, 0) is 0 Å². The van der Waals surface area contributed by atoms with Crippen LogP contribution in [0.2, 0.25) is 0 Å². The minimum atomic E-state index is 0.567. The molecule has 0 spiro atoms. The monoisotopic (exact) mass is 635 g/mol. The Balaban J connectivity index is 0. The smallest absolute Gasteiger partial charge is 0.131 e. The highest BCUT2D eigenvalue weighted by atomic mass is 15.2. The van der Waals surface area contributed by atoms with Crippen molar-refractivity contribution in [3.05, 3.63) is 65.9 Å². The van der Waals surface area contributed by atoms with E-state index in [2.05, 4.69) is 75.6 Å². The van der Waals surface area contributed by atoms with Gasteiger partial charge in [-0.05, 0) is 102 Å². The van der Waals surface area contributed by atoms with Crippen molar-refractivity contribution in [3.8, 4) is 0 Å². The van der Waals surface area contributed by atoms with Crippen molar-refractivity contribution in [2.45, 2.75) is 160 Å². The van der Waals surface area contributed by atoms with E-state index < -0.39 is 0 Å². The number of anilines is 1. The van der Waals surface area contributed by atoms with Crippen molar-refractivity contribution in [2.24, 2.45) is 28.0 Å². The van der Waals surface area contributed by atoms with Gasteiger partial charge in [-0.3, -0.25) is 0 Å². The SMILES string of the molecule is C/C=C(\C)C1=NN=C(C2CC2)C1.C=C(C)C(=C)C.C=C(C)c1ccc(C)nc1N.CC.CCCCCC(C)CC(CCC)CCC.